The van der Waals surface area contributed by atoms with Crippen LogP contribution in [0.1, 0.15) is 18.5 Å². The predicted octanol–water partition coefficient (Wildman–Crippen LogP) is 2.86. The second-order valence-corrected chi connectivity index (χ2v) is 8.57. The lowest BCUT2D eigenvalue weighted by atomic mass is 10.1. The van der Waals surface area contributed by atoms with E-state index in [9.17, 15) is 13.2 Å². The monoisotopic (exact) mass is 426 g/mol. The highest BCUT2D eigenvalue weighted by Crippen LogP contribution is 2.29. The molecular weight excluding hydrogens is 404 g/mol. The molecule has 2 aromatic carbocycles. The summed E-state index contributed by atoms with van der Waals surface area (Å²) in [5.41, 5.74) is 0.871. The zero-order valence-electron chi connectivity index (χ0n) is 16.1. The third-order valence-corrected chi connectivity index (χ3v) is 6.23. The normalized spacial score (nSPS) is 12.5. The van der Waals surface area contributed by atoms with E-state index in [1.807, 2.05) is 19.1 Å². The first kappa shape index (κ1) is 22.0. The molecule has 0 bridgehead atoms. The highest BCUT2D eigenvalue weighted by molar-refractivity contribution is 7.89. The van der Waals surface area contributed by atoms with Crippen molar-refractivity contribution in [1.29, 1.82) is 0 Å². The lowest BCUT2D eigenvalue weighted by Gasteiger charge is -2.20. The molecule has 9 heteroatoms. The number of rotatable bonds is 8. The Morgan fingerprint density at radius 2 is 1.79 bits per heavy atom. The van der Waals surface area contributed by atoms with Crippen molar-refractivity contribution in [3.8, 4) is 11.5 Å². The fraction of sp³-hybridized carbons (Fsp3) is 0.316. The Morgan fingerprint density at radius 1 is 1.14 bits per heavy atom. The third-order valence-electron chi connectivity index (χ3n) is 4.17. The molecule has 0 saturated heterocycles. The van der Waals surface area contributed by atoms with Crippen LogP contribution < -0.4 is 14.8 Å². The van der Waals surface area contributed by atoms with Crippen LogP contribution in [0.15, 0.2) is 47.4 Å². The zero-order valence-corrected chi connectivity index (χ0v) is 17.7. The van der Waals surface area contributed by atoms with Crippen molar-refractivity contribution in [1.82, 2.24) is 9.62 Å². The SMILES string of the molecule is COc1ccc([C@H](C)NC(=O)CN(C)S(=O)(=O)c2cc(Cl)ccc2OC)cc1. The molecule has 0 aliphatic rings. The number of amides is 1. The number of ether oxygens (including phenoxy) is 2. The summed E-state index contributed by atoms with van der Waals surface area (Å²) in [6.45, 7) is 1.46. The molecule has 2 aromatic rings. The van der Waals surface area contributed by atoms with Crippen molar-refractivity contribution in [2.24, 2.45) is 0 Å². The first-order valence-corrected chi connectivity index (χ1v) is 10.2. The molecular formula is C19H23ClN2O5S. The van der Waals surface area contributed by atoms with Gasteiger partial charge in [0.1, 0.15) is 16.4 Å². The van der Waals surface area contributed by atoms with Gasteiger partial charge in [-0.1, -0.05) is 23.7 Å². The molecule has 0 aromatic heterocycles. The molecule has 1 N–H and O–H groups in total. The summed E-state index contributed by atoms with van der Waals surface area (Å²) < 4.78 is 36.8. The van der Waals surface area contributed by atoms with Gasteiger partial charge in [-0.25, -0.2) is 8.42 Å². The Labute approximate surface area is 170 Å². The van der Waals surface area contributed by atoms with Gasteiger partial charge in [0.15, 0.2) is 0 Å². The molecule has 0 saturated carbocycles. The molecule has 0 radical (unpaired) electrons. The molecule has 7 nitrogen and oxygen atoms in total. The minimum absolute atomic E-state index is 0.0963. The van der Waals surface area contributed by atoms with Crippen molar-refractivity contribution in [3.05, 3.63) is 53.1 Å². The second kappa shape index (κ2) is 9.27. The summed E-state index contributed by atoms with van der Waals surface area (Å²) in [7, 11) is 0.306. The van der Waals surface area contributed by atoms with Gasteiger partial charge >= 0.3 is 0 Å². The van der Waals surface area contributed by atoms with Crippen LogP contribution in [0.2, 0.25) is 5.02 Å². The summed E-state index contributed by atoms with van der Waals surface area (Å²) >= 11 is 5.92. The van der Waals surface area contributed by atoms with Crippen molar-refractivity contribution < 1.29 is 22.7 Å². The van der Waals surface area contributed by atoms with E-state index in [0.29, 0.717) is 5.75 Å². The van der Waals surface area contributed by atoms with Gasteiger partial charge in [-0.15, -0.1) is 0 Å². The summed E-state index contributed by atoms with van der Waals surface area (Å²) in [5, 5.41) is 3.04. The van der Waals surface area contributed by atoms with Crippen LogP contribution in [-0.4, -0.2) is 46.4 Å². The first-order chi connectivity index (χ1) is 13.2. The number of hydrogen-bond donors (Lipinski definition) is 1. The molecule has 0 unspecified atom stereocenters. The minimum atomic E-state index is -3.96. The van der Waals surface area contributed by atoms with Crippen molar-refractivity contribution in [3.63, 3.8) is 0 Å². The molecule has 152 valence electrons. The van der Waals surface area contributed by atoms with E-state index in [2.05, 4.69) is 5.32 Å². The third kappa shape index (κ3) is 5.15. The Hall–Kier alpha value is -2.29. The minimum Gasteiger partial charge on any atom is -0.497 e. The maximum absolute atomic E-state index is 12.8. The van der Waals surface area contributed by atoms with Crippen molar-refractivity contribution in [2.45, 2.75) is 17.9 Å². The van der Waals surface area contributed by atoms with Gasteiger partial charge in [-0.3, -0.25) is 4.79 Å². The van der Waals surface area contributed by atoms with E-state index < -0.39 is 15.9 Å². The van der Waals surface area contributed by atoms with E-state index in [4.69, 9.17) is 21.1 Å². The lowest BCUT2D eigenvalue weighted by molar-refractivity contribution is -0.121. The van der Waals surface area contributed by atoms with Crippen LogP contribution in [-0.2, 0) is 14.8 Å². The molecule has 0 fully saturated rings. The molecule has 0 spiro atoms. The van der Waals surface area contributed by atoms with Gasteiger partial charge in [-0.2, -0.15) is 4.31 Å². The number of nitrogens with zero attached hydrogens (tertiary/aromatic N) is 1. The maximum Gasteiger partial charge on any atom is 0.247 e. The van der Waals surface area contributed by atoms with Gasteiger partial charge in [-0.05, 0) is 42.8 Å². The maximum atomic E-state index is 12.8. The van der Waals surface area contributed by atoms with E-state index in [1.54, 1.807) is 19.2 Å². The number of carbonyl (C=O) groups is 1. The average molecular weight is 427 g/mol. The molecule has 1 amide bonds. The van der Waals surface area contributed by atoms with Gasteiger partial charge in [0.05, 0.1) is 26.8 Å². The number of methoxy groups -OCH3 is 2. The Kier molecular flexibility index (Phi) is 7.29. The average Bonchev–Trinajstić information content (AvgIpc) is 2.67. The summed E-state index contributed by atoms with van der Waals surface area (Å²) in [6.07, 6.45) is 0. The van der Waals surface area contributed by atoms with Crippen LogP contribution in [0, 0.1) is 0 Å². The first-order valence-electron chi connectivity index (χ1n) is 8.42. The number of sulfonamides is 1. The zero-order chi connectivity index (χ0) is 20.9. The quantitative estimate of drug-likeness (QED) is 0.701. The van der Waals surface area contributed by atoms with Gasteiger partial charge in [0.25, 0.3) is 0 Å². The van der Waals surface area contributed by atoms with Gasteiger partial charge in [0, 0.05) is 12.1 Å². The Morgan fingerprint density at radius 3 is 2.36 bits per heavy atom. The standard InChI is InChI=1S/C19H23ClN2O5S/c1-13(14-5-8-16(26-3)9-6-14)21-19(23)12-22(2)28(24,25)18-11-15(20)7-10-17(18)27-4/h5-11,13H,12H2,1-4H3,(H,21,23)/t13-/m0/s1. The van der Waals surface area contributed by atoms with Crippen LogP contribution in [0.3, 0.4) is 0 Å². The number of likely N-dealkylation sites (N-methyl/N-ethyl adjacent to an activating group) is 1. The van der Waals surface area contributed by atoms with E-state index >= 15 is 0 Å². The molecule has 1 atom stereocenters. The molecule has 0 aliphatic heterocycles. The Balaban J connectivity index is 2.09. The van der Waals surface area contributed by atoms with Crippen LogP contribution in [0.5, 0.6) is 11.5 Å². The highest BCUT2D eigenvalue weighted by Gasteiger charge is 2.27. The van der Waals surface area contributed by atoms with E-state index in [1.165, 1.54) is 32.4 Å². The number of nitrogens with one attached hydrogen (secondary N) is 1. The predicted molar refractivity (Wildman–Crippen MR) is 107 cm³/mol. The van der Waals surface area contributed by atoms with Gasteiger partial charge in [0.2, 0.25) is 15.9 Å². The summed E-state index contributed by atoms with van der Waals surface area (Å²) in [6, 6.07) is 11.2. The highest BCUT2D eigenvalue weighted by atomic mass is 35.5. The van der Waals surface area contributed by atoms with Crippen molar-refractivity contribution >= 4 is 27.5 Å². The van der Waals surface area contributed by atoms with Crippen LogP contribution in [0.25, 0.3) is 0 Å². The second-order valence-electron chi connectivity index (χ2n) is 6.12. The summed E-state index contributed by atoms with van der Waals surface area (Å²) in [5.74, 6) is 0.433. The number of hydrogen-bond acceptors (Lipinski definition) is 5. The van der Waals surface area contributed by atoms with Crippen molar-refractivity contribution in [2.75, 3.05) is 27.8 Å². The van der Waals surface area contributed by atoms with Gasteiger partial charge < -0.3 is 14.8 Å². The molecule has 2 rings (SSSR count). The van der Waals surface area contributed by atoms with Crippen LogP contribution in [0.4, 0.5) is 0 Å². The molecule has 0 aliphatic carbocycles. The fourth-order valence-electron chi connectivity index (χ4n) is 2.57. The summed E-state index contributed by atoms with van der Waals surface area (Å²) in [4.78, 5) is 12.3. The van der Waals surface area contributed by atoms with Crippen LogP contribution >= 0.6 is 11.6 Å². The number of halogens is 1. The van der Waals surface area contributed by atoms with E-state index in [-0.39, 0.29) is 28.3 Å². The molecule has 0 heterocycles. The number of carbonyl (C=O) groups excluding carboxylic acids is 1. The Bertz CT molecular complexity index is 932. The lowest BCUT2D eigenvalue weighted by Crippen LogP contribution is -2.39. The molecule has 28 heavy (non-hydrogen) atoms. The topological polar surface area (TPSA) is 84.9 Å². The largest absolute Gasteiger partial charge is 0.497 e. The smallest absolute Gasteiger partial charge is 0.247 e. The number of benzene rings is 2. The fourth-order valence-corrected chi connectivity index (χ4v) is 4.11. The van der Waals surface area contributed by atoms with E-state index in [0.717, 1.165) is 9.87 Å².